The van der Waals surface area contributed by atoms with Gasteiger partial charge in [0.25, 0.3) is 5.91 Å². The van der Waals surface area contributed by atoms with Crippen molar-refractivity contribution in [1.29, 1.82) is 0 Å². The van der Waals surface area contributed by atoms with Crippen molar-refractivity contribution in [3.05, 3.63) is 65.2 Å². The van der Waals surface area contributed by atoms with E-state index in [9.17, 15) is 14.7 Å². The number of amides is 1. The van der Waals surface area contributed by atoms with Crippen molar-refractivity contribution in [1.82, 2.24) is 4.90 Å². The van der Waals surface area contributed by atoms with Crippen LogP contribution >= 0.6 is 0 Å². The lowest BCUT2D eigenvalue weighted by atomic mass is 9.88. The summed E-state index contributed by atoms with van der Waals surface area (Å²) in [5.74, 6) is 0.133. The van der Waals surface area contributed by atoms with E-state index in [0.717, 1.165) is 24.8 Å². The second-order valence-electron chi connectivity index (χ2n) is 6.83. The molecule has 1 saturated heterocycles. The number of para-hydroxylation sites is 1. The highest BCUT2D eigenvalue weighted by Gasteiger charge is 2.26. The van der Waals surface area contributed by atoms with Crippen LogP contribution in [0.2, 0.25) is 0 Å². The van der Waals surface area contributed by atoms with Crippen molar-refractivity contribution in [2.45, 2.75) is 26.2 Å². The van der Waals surface area contributed by atoms with Crippen LogP contribution in [0.4, 0.5) is 0 Å². The van der Waals surface area contributed by atoms with E-state index in [0.29, 0.717) is 42.5 Å². The molecule has 3 rings (SSSR count). The van der Waals surface area contributed by atoms with E-state index in [1.807, 2.05) is 48.2 Å². The third kappa shape index (κ3) is 4.48. The molecule has 1 N–H and O–H groups in total. The number of aromatic carboxylic acids is 1. The number of piperidine rings is 1. The minimum absolute atomic E-state index is 0.00318. The molecule has 1 aliphatic rings. The first kappa shape index (κ1) is 19.0. The smallest absolute Gasteiger partial charge is 0.335 e. The molecule has 1 fully saturated rings. The molecule has 2 aromatic carbocycles. The van der Waals surface area contributed by atoms with Gasteiger partial charge in [0.1, 0.15) is 5.75 Å². The number of hydrogen-bond donors (Lipinski definition) is 1. The van der Waals surface area contributed by atoms with Crippen molar-refractivity contribution in [3.63, 3.8) is 0 Å². The van der Waals surface area contributed by atoms with Gasteiger partial charge in [0.2, 0.25) is 0 Å². The second-order valence-corrected chi connectivity index (χ2v) is 6.83. The molecule has 1 amide bonds. The topological polar surface area (TPSA) is 66.8 Å². The summed E-state index contributed by atoms with van der Waals surface area (Å²) in [6.07, 6.45) is 2.48. The Kier molecular flexibility index (Phi) is 6.12. The van der Waals surface area contributed by atoms with Crippen LogP contribution in [0.5, 0.6) is 5.75 Å². The van der Waals surface area contributed by atoms with Crippen LogP contribution in [0.25, 0.3) is 0 Å². The lowest BCUT2D eigenvalue weighted by Gasteiger charge is -2.32. The molecule has 27 heavy (non-hydrogen) atoms. The van der Waals surface area contributed by atoms with E-state index in [1.54, 1.807) is 12.1 Å². The first-order valence-corrected chi connectivity index (χ1v) is 9.42. The predicted octanol–water partition coefficient (Wildman–Crippen LogP) is 3.88. The van der Waals surface area contributed by atoms with Crippen LogP contribution in [0, 0.1) is 5.92 Å². The Morgan fingerprint density at radius 1 is 1.04 bits per heavy atom. The van der Waals surface area contributed by atoms with Gasteiger partial charge in [-0.15, -0.1) is 0 Å². The van der Waals surface area contributed by atoms with E-state index >= 15 is 0 Å². The van der Waals surface area contributed by atoms with Crippen LogP contribution in [0.1, 0.15) is 46.0 Å². The summed E-state index contributed by atoms with van der Waals surface area (Å²) in [7, 11) is 0. The zero-order valence-electron chi connectivity index (χ0n) is 15.6. The third-order valence-corrected chi connectivity index (χ3v) is 5.08. The standard InChI is InChI=1S/C22H25NO4/c1-2-27-20-10-6-5-9-19(20)21(24)23-13-11-16(12-14-23)15-17-7-3-4-8-18(17)22(25)26/h3-10,16H,2,11-15H2,1H3,(H,25,26). The number of hydrogen-bond acceptors (Lipinski definition) is 3. The summed E-state index contributed by atoms with van der Waals surface area (Å²) in [5.41, 5.74) is 1.85. The van der Waals surface area contributed by atoms with Crippen molar-refractivity contribution in [3.8, 4) is 5.75 Å². The molecule has 0 atom stereocenters. The number of likely N-dealkylation sites (tertiary alicyclic amines) is 1. The highest BCUT2D eigenvalue weighted by molar-refractivity contribution is 5.97. The van der Waals surface area contributed by atoms with Crippen LogP contribution in [-0.2, 0) is 6.42 Å². The number of carbonyl (C=O) groups is 2. The summed E-state index contributed by atoms with van der Waals surface area (Å²) < 4.78 is 5.58. The molecule has 1 aliphatic heterocycles. The molecule has 0 saturated carbocycles. The van der Waals surface area contributed by atoms with Gasteiger partial charge in [-0.3, -0.25) is 4.79 Å². The normalized spacial score (nSPS) is 14.8. The van der Waals surface area contributed by atoms with Gasteiger partial charge in [-0.2, -0.15) is 0 Å². The summed E-state index contributed by atoms with van der Waals surface area (Å²) >= 11 is 0. The van der Waals surface area contributed by atoms with Crippen molar-refractivity contribution < 1.29 is 19.4 Å². The van der Waals surface area contributed by atoms with Crippen molar-refractivity contribution in [2.75, 3.05) is 19.7 Å². The van der Waals surface area contributed by atoms with Gasteiger partial charge in [0, 0.05) is 13.1 Å². The molecule has 5 nitrogen and oxygen atoms in total. The molecule has 0 radical (unpaired) electrons. The van der Waals surface area contributed by atoms with Crippen LogP contribution in [0.15, 0.2) is 48.5 Å². The molecule has 1 heterocycles. The lowest BCUT2D eigenvalue weighted by molar-refractivity contribution is 0.0686. The van der Waals surface area contributed by atoms with E-state index in [4.69, 9.17) is 4.74 Å². The fourth-order valence-electron chi connectivity index (χ4n) is 3.65. The first-order valence-electron chi connectivity index (χ1n) is 9.42. The van der Waals surface area contributed by atoms with Gasteiger partial charge >= 0.3 is 5.97 Å². The second kappa shape index (κ2) is 8.71. The average Bonchev–Trinajstić information content (AvgIpc) is 2.69. The Morgan fingerprint density at radius 2 is 1.67 bits per heavy atom. The Morgan fingerprint density at radius 3 is 2.33 bits per heavy atom. The maximum atomic E-state index is 12.9. The summed E-state index contributed by atoms with van der Waals surface area (Å²) in [6.45, 7) is 3.79. The predicted molar refractivity (Wildman–Crippen MR) is 103 cm³/mol. The maximum absolute atomic E-state index is 12.9. The number of carboxylic acids is 1. The van der Waals surface area contributed by atoms with Crippen LogP contribution < -0.4 is 4.74 Å². The molecule has 5 heteroatoms. The third-order valence-electron chi connectivity index (χ3n) is 5.08. The quantitative estimate of drug-likeness (QED) is 0.841. The SMILES string of the molecule is CCOc1ccccc1C(=O)N1CCC(Cc2ccccc2C(=O)O)CC1. The Hall–Kier alpha value is -2.82. The molecule has 0 bridgehead atoms. The van der Waals surface area contributed by atoms with Gasteiger partial charge in [0.15, 0.2) is 0 Å². The molecule has 0 aliphatic carbocycles. The van der Waals surface area contributed by atoms with Crippen LogP contribution in [0.3, 0.4) is 0 Å². The lowest BCUT2D eigenvalue weighted by Crippen LogP contribution is -2.39. The monoisotopic (exact) mass is 367 g/mol. The van der Waals surface area contributed by atoms with E-state index in [2.05, 4.69) is 0 Å². The van der Waals surface area contributed by atoms with Crippen LogP contribution in [-0.4, -0.2) is 41.6 Å². The van der Waals surface area contributed by atoms with Crippen molar-refractivity contribution >= 4 is 11.9 Å². The number of rotatable bonds is 6. The number of carboxylic acid groups (broad SMARTS) is 1. The van der Waals surface area contributed by atoms with Crippen molar-refractivity contribution in [2.24, 2.45) is 5.92 Å². The number of nitrogens with zero attached hydrogens (tertiary/aromatic N) is 1. The Bertz CT molecular complexity index is 809. The largest absolute Gasteiger partial charge is 0.493 e. The summed E-state index contributed by atoms with van der Waals surface area (Å²) in [4.78, 5) is 26.1. The molecule has 142 valence electrons. The minimum atomic E-state index is -0.884. The minimum Gasteiger partial charge on any atom is -0.493 e. The zero-order chi connectivity index (χ0) is 19.2. The van der Waals surface area contributed by atoms with Gasteiger partial charge in [-0.1, -0.05) is 30.3 Å². The van der Waals surface area contributed by atoms with Gasteiger partial charge in [0.05, 0.1) is 17.7 Å². The maximum Gasteiger partial charge on any atom is 0.335 e. The van der Waals surface area contributed by atoms with Gasteiger partial charge in [-0.05, 0) is 55.9 Å². The summed E-state index contributed by atoms with van der Waals surface area (Å²) in [5, 5.41) is 9.34. The van der Waals surface area contributed by atoms with E-state index in [1.165, 1.54) is 0 Å². The number of ether oxygens (including phenoxy) is 1. The molecule has 0 aromatic heterocycles. The zero-order valence-corrected chi connectivity index (χ0v) is 15.6. The molecule has 2 aromatic rings. The number of benzene rings is 2. The highest BCUT2D eigenvalue weighted by Crippen LogP contribution is 2.26. The van der Waals surface area contributed by atoms with E-state index < -0.39 is 5.97 Å². The van der Waals surface area contributed by atoms with E-state index in [-0.39, 0.29) is 5.91 Å². The Labute approximate surface area is 159 Å². The average molecular weight is 367 g/mol. The molecule has 0 unspecified atom stereocenters. The fourth-order valence-corrected chi connectivity index (χ4v) is 3.65. The highest BCUT2D eigenvalue weighted by atomic mass is 16.5. The number of carbonyl (C=O) groups excluding carboxylic acids is 1. The Balaban J connectivity index is 1.63. The van der Waals surface area contributed by atoms with Gasteiger partial charge in [-0.25, -0.2) is 4.79 Å². The molecular weight excluding hydrogens is 342 g/mol. The first-order chi connectivity index (χ1) is 13.1. The molecular formula is C22H25NO4. The fraction of sp³-hybridized carbons (Fsp3) is 0.364. The molecule has 0 spiro atoms. The summed E-state index contributed by atoms with van der Waals surface area (Å²) in [6, 6.07) is 14.5. The van der Waals surface area contributed by atoms with Gasteiger partial charge < -0.3 is 14.7 Å².